The molecular formula is C72H134N4O22. The number of likely N-dealkylation sites (N-methyl/N-ethyl adjacent to an activating group) is 2. The van der Waals surface area contributed by atoms with E-state index in [-0.39, 0.29) is 61.0 Å². The van der Waals surface area contributed by atoms with E-state index in [1.807, 2.05) is 107 Å². The van der Waals surface area contributed by atoms with Crippen molar-refractivity contribution in [2.75, 3.05) is 70.8 Å². The van der Waals surface area contributed by atoms with Gasteiger partial charge in [-0.3, -0.25) is 9.59 Å². The standard InChI is InChI=1S/C40H74N2O12.C32H60N2O10/c1-17-29-40(11,46)34(44)23(4)31(41-49-16)21(2)19-39(10,48-15)35(54-37-32(43)28(42(12)13)18-22(3)50-37)24(5)33(25(6)36(45)52-29)53-30-20-38(9,47-14)26(7)27(8)51-30;1-14-23-32(8,38)27(36)19(4)24(33-41-13)17(2)16-31(7,40-12)28(20(5)26(39-11)21(6)29(37)43-23)44-30-25(35)22(34(9)10)15-18(3)42-30/h21-30,32-35,37,43-44,46H,17-20H2,1-16H3;17-23,25-28,30,35-36,38H,14-16H2,1-13H3/t21-,22-,23+,24+,25-,26+,27+,28?,29-,30?,32?,33?,34?,35?,37?,38?,39?,40?;17-,18-,19+,20+,21-,22+,23-,25-,26+,27-,28-,30+,31+,32-/m11/s1. The molecule has 6 N–H and O–H groups in total. The zero-order chi connectivity index (χ0) is 74.8. The minimum Gasteiger partial charge on any atom is -0.459 e. The van der Waals surface area contributed by atoms with Crippen LogP contribution in [0.4, 0.5) is 0 Å². The fraction of sp³-hybridized carbons (Fsp3) is 0.944. The first kappa shape index (κ1) is 87.6. The maximum absolute atomic E-state index is 14.3. The van der Waals surface area contributed by atoms with E-state index < -0.39 is 155 Å². The van der Waals surface area contributed by atoms with Crippen molar-refractivity contribution in [3.05, 3.63) is 0 Å². The first-order valence-corrected chi connectivity index (χ1v) is 35.7. The molecule has 0 spiro atoms. The summed E-state index contributed by atoms with van der Waals surface area (Å²) in [5.41, 5.74) is -5.40. The summed E-state index contributed by atoms with van der Waals surface area (Å²) < 4.78 is 76.1. The highest BCUT2D eigenvalue weighted by Gasteiger charge is 2.56. The summed E-state index contributed by atoms with van der Waals surface area (Å²) in [6.45, 7) is 35.0. The van der Waals surface area contributed by atoms with Gasteiger partial charge >= 0.3 is 11.9 Å². The van der Waals surface area contributed by atoms with E-state index in [1.165, 1.54) is 35.2 Å². The third kappa shape index (κ3) is 19.9. The number of carbonyl (C=O) groups excluding carboxylic acids is 2. The number of methoxy groups -OCH3 is 4. The Hall–Kier alpha value is -2.84. The van der Waals surface area contributed by atoms with Crippen LogP contribution in [-0.4, -0.2) is 273 Å². The Morgan fingerprint density at radius 3 is 1.18 bits per heavy atom. The number of nitrogens with zero attached hydrogens (tertiary/aromatic N) is 4. The molecule has 5 fully saturated rings. The molecule has 0 aromatic rings. The molecule has 98 heavy (non-hydrogen) atoms. The zero-order valence-corrected chi connectivity index (χ0v) is 65.0. The number of rotatable bonds is 16. The molecule has 0 saturated carbocycles. The normalized spacial score (nSPS) is 47.3. The summed E-state index contributed by atoms with van der Waals surface area (Å²) in [5, 5.41) is 78.4. The smallest absolute Gasteiger partial charge is 0.311 e. The largest absolute Gasteiger partial charge is 0.459 e. The molecule has 26 heteroatoms. The SMILES string of the molecule is CC[C@H]1OC(=O)[C@H](C)C(OC2CC(C)(OC)[C@@H](C)[C@H](C)O2)[C@H](C)C(OC2O[C@H](C)CC(N(C)C)C2O)C(C)(OC)C[C@@H](C)C(=NOC)[C@H](C)C(O)C1(C)O.CC[C@H]1OC(=O)[C@H](C)[C@@H](OC)[C@H](C)[C@@H](O[C@@H]2O[C@H](C)C[C@H](N(C)C)[C@H]2O)[C@@](C)(OC)C[C@@H](C)C(=NOC)[C@H](C)[C@@H](O)[C@]1(C)O. The lowest BCUT2D eigenvalue weighted by atomic mass is 9.73. The van der Waals surface area contributed by atoms with Crippen LogP contribution in [0.15, 0.2) is 10.3 Å². The van der Waals surface area contributed by atoms with Crippen molar-refractivity contribution >= 4 is 23.4 Å². The van der Waals surface area contributed by atoms with Crippen molar-refractivity contribution in [3.8, 4) is 0 Å². The van der Waals surface area contributed by atoms with E-state index in [9.17, 15) is 40.2 Å². The minimum atomic E-state index is -1.85. The third-order valence-corrected chi connectivity index (χ3v) is 23.1. The highest BCUT2D eigenvalue weighted by Crippen LogP contribution is 2.45. The van der Waals surface area contributed by atoms with Gasteiger partial charge in [0.25, 0.3) is 0 Å². The highest BCUT2D eigenvalue weighted by molar-refractivity contribution is 5.89. The van der Waals surface area contributed by atoms with Crippen LogP contribution in [0, 0.1) is 53.3 Å². The van der Waals surface area contributed by atoms with E-state index in [0.29, 0.717) is 43.5 Å². The molecule has 0 aromatic heterocycles. The van der Waals surface area contributed by atoms with Crippen LogP contribution in [0.3, 0.4) is 0 Å². The number of aliphatic hydroxyl groups is 6. The predicted molar refractivity (Wildman–Crippen MR) is 370 cm³/mol. The molecule has 10 unspecified atom stereocenters. The van der Waals surface area contributed by atoms with Gasteiger partial charge in [-0.2, -0.15) is 0 Å². The Morgan fingerprint density at radius 2 is 0.857 bits per heavy atom. The van der Waals surface area contributed by atoms with Crippen molar-refractivity contribution < 1.29 is 107 Å². The molecule has 26 nitrogen and oxygen atoms in total. The van der Waals surface area contributed by atoms with E-state index in [4.69, 9.17) is 66.5 Å². The summed E-state index contributed by atoms with van der Waals surface area (Å²) in [7, 11) is 16.9. The summed E-state index contributed by atoms with van der Waals surface area (Å²) in [6, 6.07) is -0.437. The van der Waals surface area contributed by atoms with Gasteiger partial charge in [0.2, 0.25) is 0 Å². The average Bonchev–Trinajstić information content (AvgIpc) is 0.778. The summed E-state index contributed by atoms with van der Waals surface area (Å²) in [6.07, 6.45) is -10.6. The Kier molecular flexibility index (Phi) is 32.8. The lowest BCUT2D eigenvalue weighted by molar-refractivity contribution is -0.315. The number of hydrogen-bond donors (Lipinski definition) is 6. The van der Waals surface area contributed by atoms with E-state index in [2.05, 4.69) is 17.2 Å². The number of ether oxygens (including phenoxy) is 12. The molecule has 5 aliphatic rings. The minimum absolute atomic E-state index is 0.0569. The maximum Gasteiger partial charge on any atom is 0.311 e. The van der Waals surface area contributed by atoms with Crippen molar-refractivity contribution in [2.45, 2.75) is 315 Å². The van der Waals surface area contributed by atoms with Crippen LogP contribution in [0.5, 0.6) is 0 Å². The number of cyclic esters (lactones) is 2. The van der Waals surface area contributed by atoms with Gasteiger partial charge in [0.15, 0.2) is 18.9 Å². The van der Waals surface area contributed by atoms with Gasteiger partial charge in [0, 0.05) is 88.4 Å². The summed E-state index contributed by atoms with van der Waals surface area (Å²) in [5.74, 6) is -6.05. The van der Waals surface area contributed by atoms with Gasteiger partial charge in [-0.1, -0.05) is 72.6 Å². The molecule has 0 bridgehead atoms. The number of hydrogen-bond acceptors (Lipinski definition) is 26. The van der Waals surface area contributed by atoms with E-state index >= 15 is 0 Å². The monoisotopic (exact) mass is 1410 g/mol. The Bertz CT molecular complexity index is 2510. The summed E-state index contributed by atoms with van der Waals surface area (Å²) in [4.78, 5) is 42.4. The van der Waals surface area contributed by atoms with Crippen LogP contribution < -0.4 is 0 Å². The molecule has 5 rings (SSSR count). The maximum atomic E-state index is 14.3. The molecule has 0 aromatic carbocycles. The predicted octanol–water partition coefficient (Wildman–Crippen LogP) is 6.75. The Labute approximate surface area is 587 Å². The van der Waals surface area contributed by atoms with Gasteiger partial charge in [-0.05, 0) is 136 Å². The lowest BCUT2D eigenvalue weighted by Crippen LogP contribution is -2.61. The second-order valence-electron chi connectivity index (χ2n) is 30.9. The molecule has 574 valence electrons. The number of oxime groups is 2. The lowest BCUT2D eigenvalue weighted by Gasteiger charge is -2.50. The van der Waals surface area contributed by atoms with Gasteiger partial charge in [0.1, 0.15) is 49.8 Å². The van der Waals surface area contributed by atoms with Crippen LogP contribution in [0.2, 0.25) is 0 Å². The van der Waals surface area contributed by atoms with Gasteiger partial charge in [-0.25, -0.2) is 0 Å². The number of aliphatic hydroxyl groups excluding tert-OH is 4. The molecule has 5 aliphatic heterocycles. The van der Waals surface area contributed by atoms with Crippen LogP contribution in [-0.2, 0) is 76.1 Å². The van der Waals surface area contributed by atoms with Gasteiger partial charge in [0.05, 0.1) is 95.0 Å². The molecule has 5 heterocycles. The van der Waals surface area contributed by atoms with Gasteiger partial charge < -0.3 is 107 Å². The van der Waals surface area contributed by atoms with E-state index in [0.717, 1.165) is 0 Å². The molecule has 0 amide bonds. The third-order valence-electron chi connectivity index (χ3n) is 23.1. The quantitative estimate of drug-likeness (QED) is 0.0687. The van der Waals surface area contributed by atoms with Crippen molar-refractivity contribution in [1.29, 1.82) is 0 Å². The highest BCUT2D eigenvalue weighted by atomic mass is 16.7. The van der Waals surface area contributed by atoms with Crippen LogP contribution in [0.1, 0.15) is 176 Å². The topological polar surface area (TPSA) is 316 Å². The number of carbonyl (C=O) groups is 2. The number of esters is 2. The van der Waals surface area contributed by atoms with Crippen molar-refractivity contribution in [2.24, 2.45) is 63.6 Å². The first-order valence-electron chi connectivity index (χ1n) is 35.7. The fourth-order valence-electron chi connectivity index (χ4n) is 16.3. The van der Waals surface area contributed by atoms with E-state index in [1.54, 1.807) is 62.9 Å². The molecular weight excluding hydrogens is 1270 g/mol. The van der Waals surface area contributed by atoms with Crippen molar-refractivity contribution in [1.82, 2.24) is 9.80 Å². The Morgan fingerprint density at radius 1 is 0.500 bits per heavy atom. The molecule has 0 aliphatic carbocycles. The van der Waals surface area contributed by atoms with Gasteiger partial charge in [-0.15, -0.1) is 0 Å². The fourth-order valence-corrected chi connectivity index (χ4v) is 16.3. The molecule has 5 saturated heterocycles. The summed E-state index contributed by atoms with van der Waals surface area (Å²) >= 11 is 0. The van der Waals surface area contributed by atoms with Crippen molar-refractivity contribution in [3.63, 3.8) is 0 Å². The second kappa shape index (κ2) is 36.7. The first-order chi connectivity index (χ1) is 45.4. The van der Waals surface area contributed by atoms with Crippen LogP contribution >= 0.6 is 0 Å². The second-order valence-corrected chi connectivity index (χ2v) is 30.9. The average molecular weight is 1410 g/mol. The van der Waals surface area contributed by atoms with Crippen LogP contribution in [0.25, 0.3) is 0 Å². The zero-order valence-electron chi connectivity index (χ0n) is 65.0. The Balaban J connectivity index is 0.000000425. The molecule has 0 radical (unpaired) electrons. The molecule has 32 atom stereocenters.